The number of nitrogens with two attached hydrogens (primary N) is 1. The van der Waals surface area contributed by atoms with Crippen LogP contribution in [0.3, 0.4) is 0 Å². The summed E-state index contributed by atoms with van der Waals surface area (Å²) >= 11 is 0. The van der Waals surface area contributed by atoms with Crippen LogP contribution in [0.25, 0.3) is 21.9 Å². The summed E-state index contributed by atoms with van der Waals surface area (Å²) in [5, 5.41) is 5.60. The number of aromatic nitrogens is 5. The number of carbonyl (C=O) groups is 1. The van der Waals surface area contributed by atoms with Gasteiger partial charge in [-0.05, 0) is 70.2 Å². The second kappa shape index (κ2) is 9.58. The lowest BCUT2D eigenvalue weighted by Gasteiger charge is -2.28. The first-order valence-electron chi connectivity index (χ1n) is 13.3. The third-order valence-electron chi connectivity index (χ3n) is 7.22. The minimum absolute atomic E-state index is 0.0970. The van der Waals surface area contributed by atoms with E-state index in [2.05, 4.69) is 32.4 Å². The number of hydrogen-bond donors (Lipinski definition) is 1. The van der Waals surface area contributed by atoms with Crippen molar-refractivity contribution in [3.05, 3.63) is 48.0 Å². The van der Waals surface area contributed by atoms with E-state index in [1.165, 1.54) is 12.8 Å². The summed E-state index contributed by atoms with van der Waals surface area (Å²) in [4.78, 5) is 23.6. The minimum Gasteiger partial charge on any atom is -0.444 e. The van der Waals surface area contributed by atoms with E-state index in [0.29, 0.717) is 42.5 Å². The molecule has 39 heavy (non-hydrogen) atoms. The number of anilines is 1. The van der Waals surface area contributed by atoms with Gasteiger partial charge in [-0.25, -0.2) is 14.8 Å². The van der Waals surface area contributed by atoms with Crippen molar-refractivity contribution in [2.45, 2.75) is 63.8 Å². The van der Waals surface area contributed by atoms with Crippen molar-refractivity contribution < 1.29 is 14.3 Å². The summed E-state index contributed by atoms with van der Waals surface area (Å²) < 4.78 is 15.3. The zero-order chi connectivity index (χ0) is 27.3. The van der Waals surface area contributed by atoms with Gasteiger partial charge in [-0.1, -0.05) is 5.92 Å². The van der Waals surface area contributed by atoms with Crippen LogP contribution in [0, 0.1) is 11.8 Å². The molecule has 1 saturated carbocycles. The molecule has 1 amide bonds. The normalized spacial score (nSPS) is 19.4. The van der Waals surface area contributed by atoms with Gasteiger partial charge in [0.25, 0.3) is 0 Å². The molecule has 2 aliphatic rings. The van der Waals surface area contributed by atoms with Gasteiger partial charge in [0, 0.05) is 31.5 Å². The molecule has 1 saturated heterocycles. The second-order valence-electron chi connectivity index (χ2n) is 11.4. The fourth-order valence-corrected chi connectivity index (χ4v) is 5.33. The van der Waals surface area contributed by atoms with Crippen LogP contribution in [0.2, 0.25) is 0 Å². The Kier molecular flexibility index (Phi) is 6.19. The van der Waals surface area contributed by atoms with Crippen molar-refractivity contribution in [2.75, 3.05) is 26.0 Å². The molecule has 10 nitrogen and oxygen atoms in total. The highest BCUT2D eigenvalue weighted by Gasteiger charge is 2.39. The summed E-state index contributed by atoms with van der Waals surface area (Å²) in [6.07, 6.45) is 6.32. The van der Waals surface area contributed by atoms with E-state index < -0.39 is 5.60 Å². The molecule has 6 rings (SSSR count). The zero-order valence-electron chi connectivity index (χ0n) is 22.7. The molecule has 1 aliphatic carbocycles. The Morgan fingerprint density at radius 1 is 1.13 bits per heavy atom. The molecule has 0 unspecified atom stereocenters. The van der Waals surface area contributed by atoms with E-state index in [4.69, 9.17) is 20.3 Å². The number of pyridine rings is 1. The Labute approximate surface area is 227 Å². The molecule has 202 valence electrons. The van der Waals surface area contributed by atoms with Gasteiger partial charge in [0.1, 0.15) is 17.1 Å². The molecule has 4 aromatic rings. The van der Waals surface area contributed by atoms with Gasteiger partial charge in [0.05, 0.1) is 47.0 Å². The van der Waals surface area contributed by atoms with Gasteiger partial charge in [-0.2, -0.15) is 5.10 Å². The number of rotatable bonds is 4. The minimum atomic E-state index is -0.590. The molecule has 0 bridgehead atoms. The van der Waals surface area contributed by atoms with Crippen LogP contribution in [-0.4, -0.2) is 67.2 Å². The van der Waals surface area contributed by atoms with E-state index in [0.717, 1.165) is 22.1 Å². The molecule has 1 aromatic carbocycles. The topological polar surface area (TPSA) is 113 Å². The van der Waals surface area contributed by atoms with Crippen LogP contribution in [-0.2, 0) is 9.47 Å². The lowest BCUT2D eigenvalue weighted by molar-refractivity contribution is 0.0145. The van der Waals surface area contributed by atoms with Crippen LogP contribution in [0.1, 0.15) is 63.4 Å². The standard InChI is InChI=1S/C29H33N7O3/c1-29(2,3)39-28(37)34-15-20(14-21(34)16-38-4)36-25-11-12-31-27(30)26(25)22(33-36)9-5-18-6-10-24-23(13-18)32-17-35(24)19-7-8-19/h6,10-13,17,19-21H,7-8,14-16H2,1-4H3,(H2,30,31)/t20-,21+/m0/s1. The van der Waals surface area contributed by atoms with Crippen molar-refractivity contribution in [2.24, 2.45) is 0 Å². The molecule has 0 spiro atoms. The number of nitrogens with zero attached hydrogens (tertiary/aromatic N) is 6. The van der Waals surface area contributed by atoms with Gasteiger partial charge in [-0.15, -0.1) is 0 Å². The highest BCUT2D eigenvalue weighted by Crippen LogP contribution is 2.37. The van der Waals surface area contributed by atoms with Crippen molar-refractivity contribution in [1.82, 2.24) is 29.2 Å². The summed E-state index contributed by atoms with van der Waals surface area (Å²) in [5.74, 6) is 6.85. The number of methoxy groups -OCH3 is 1. The predicted octanol–water partition coefficient (Wildman–Crippen LogP) is 4.29. The number of carbonyl (C=O) groups excluding carboxylic acids is 1. The molecule has 2 atom stereocenters. The van der Waals surface area contributed by atoms with Crippen LogP contribution in [0.15, 0.2) is 36.8 Å². The molecular formula is C29H33N7O3. The first-order valence-corrected chi connectivity index (χ1v) is 13.3. The van der Waals surface area contributed by atoms with Gasteiger partial charge in [0.15, 0.2) is 0 Å². The maximum Gasteiger partial charge on any atom is 0.410 e. The largest absolute Gasteiger partial charge is 0.444 e. The molecule has 2 fully saturated rings. The molecular weight excluding hydrogens is 494 g/mol. The average molecular weight is 528 g/mol. The lowest BCUT2D eigenvalue weighted by atomic mass is 10.1. The smallest absolute Gasteiger partial charge is 0.410 e. The number of likely N-dealkylation sites (tertiary alicyclic amines) is 1. The zero-order valence-corrected chi connectivity index (χ0v) is 22.7. The molecule has 1 aliphatic heterocycles. The number of ether oxygens (including phenoxy) is 2. The van der Waals surface area contributed by atoms with Crippen LogP contribution in [0.4, 0.5) is 10.6 Å². The van der Waals surface area contributed by atoms with Crippen molar-refractivity contribution in [3.63, 3.8) is 0 Å². The van der Waals surface area contributed by atoms with Gasteiger partial charge >= 0.3 is 6.09 Å². The maximum absolute atomic E-state index is 13.0. The first kappa shape index (κ1) is 25.2. The van der Waals surface area contributed by atoms with E-state index in [1.807, 2.05) is 50.0 Å². The highest BCUT2D eigenvalue weighted by atomic mass is 16.6. The molecule has 2 N–H and O–H groups in total. The highest BCUT2D eigenvalue weighted by molar-refractivity contribution is 5.93. The van der Waals surface area contributed by atoms with E-state index in [-0.39, 0.29) is 18.2 Å². The Balaban J connectivity index is 1.33. The van der Waals surface area contributed by atoms with Gasteiger partial charge in [0.2, 0.25) is 0 Å². The SMILES string of the molecule is COC[C@H]1C[C@H](n2nc(C#Cc3ccc4c(c3)ncn4C3CC3)c3c(N)nccc32)CN1C(=O)OC(C)(C)C. The fraction of sp³-hybridized carbons (Fsp3) is 0.448. The monoisotopic (exact) mass is 527 g/mol. The van der Waals surface area contributed by atoms with Crippen LogP contribution < -0.4 is 5.73 Å². The predicted molar refractivity (Wildman–Crippen MR) is 148 cm³/mol. The number of imidazole rings is 1. The maximum atomic E-state index is 13.0. The number of hydrogen-bond acceptors (Lipinski definition) is 7. The number of amides is 1. The molecule has 4 heterocycles. The third kappa shape index (κ3) is 4.90. The summed E-state index contributed by atoms with van der Waals surface area (Å²) in [6, 6.07) is 8.33. The van der Waals surface area contributed by atoms with E-state index in [9.17, 15) is 4.79 Å². The average Bonchev–Trinajstić information content (AvgIpc) is 3.33. The summed E-state index contributed by atoms with van der Waals surface area (Å²) in [6.45, 7) is 6.44. The lowest BCUT2D eigenvalue weighted by Crippen LogP contribution is -2.41. The third-order valence-corrected chi connectivity index (χ3v) is 7.22. The van der Waals surface area contributed by atoms with Crippen LogP contribution >= 0.6 is 0 Å². The first-order chi connectivity index (χ1) is 18.7. The van der Waals surface area contributed by atoms with Crippen molar-refractivity contribution >= 4 is 33.8 Å². The summed E-state index contributed by atoms with van der Waals surface area (Å²) in [7, 11) is 1.64. The van der Waals surface area contributed by atoms with Crippen LogP contribution in [0.5, 0.6) is 0 Å². The molecule has 0 radical (unpaired) electrons. The summed E-state index contributed by atoms with van der Waals surface area (Å²) in [5.41, 5.74) is 10.0. The molecule has 10 heteroatoms. The Morgan fingerprint density at radius 2 is 1.95 bits per heavy atom. The van der Waals surface area contributed by atoms with E-state index >= 15 is 0 Å². The van der Waals surface area contributed by atoms with E-state index in [1.54, 1.807) is 18.2 Å². The van der Waals surface area contributed by atoms with Crippen molar-refractivity contribution in [3.8, 4) is 11.8 Å². The quantitative estimate of drug-likeness (QED) is 0.394. The van der Waals surface area contributed by atoms with Gasteiger partial charge < -0.3 is 24.7 Å². The van der Waals surface area contributed by atoms with Gasteiger partial charge in [-0.3, -0.25) is 4.68 Å². The number of benzene rings is 1. The number of fused-ring (bicyclic) bond motifs is 2. The Bertz CT molecular complexity index is 1620. The number of nitrogen functional groups attached to an aromatic ring is 1. The Hall–Kier alpha value is -4.10. The molecule has 3 aromatic heterocycles. The Morgan fingerprint density at radius 3 is 2.69 bits per heavy atom. The fourth-order valence-electron chi connectivity index (χ4n) is 5.33. The second-order valence-corrected chi connectivity index (χ2v) is 11.4. The van der Waals surface area contributed by atoms with Crippen molar-refractivity contribution in [1.29, 1.82) is 0 Å².